The summed E-state index contributed by atoms with van der Waals surface area (Å²) in [6.45, 7) is 3.55. The summed E-state index contributed by atoms with van der Waals surface area (Å²) in [7, 11) is 0. The van der Waals surface area contributed by atoms with Crippen molar-refractivity contribution in [3.05, 3.63) is 36.5 Å². The fourth-order valence-corrected chi connectivity index (χ4v) is 4.12. The van der Waals surface area contributed by atoms with E-state index in [0.29, 0.717) is 12.8 Å². The van der Waals surface area contributed by atoms with E-state index in [2.05, 4.69) is 50.3 Å². The molecule has 0 aromatic heterocycles. The van der Waals surface area contributed by atoms with E-state index in [9.17, 15) is 24.9 Å². The smallest absolute Gasteiger partial charge is 0.209 e. The van der Waals surface area contributed by atoms with Crippen LogP contribution in [0.4, 0.5) is 0 Å². The second-order valence-electron chi connectivity index (χ2n) is 9.81. The van der Waals surface area contributed by atoms with Crippen LogP contribution in [-0.2, 0) is 9.59 Å². The molecule has 0 radical (unpaired) electrons. The van der Waals surface area contributed by atoms with Crippen LogP contribution in [0, 0.1) is 0 Å². The van der Waals surface area contributed by atoms with Crippen molar-refractivity contribution in [2.24, 2.45) is 0 Å². The quantitative estimate of drug-likeness (QED) is 0.0708. The molecule has 36 heavy (non-hydrogen) atoms. The summed E-state index contributed by atoms with van der Waals surface area (Å²) in [5.74, 6) is -1.36. The zero-order chi connectivity index (χ0) is 26.9. The van der Waals surface area contributed by atoms with Crippen molar-refractivity contribution >= 4 is 11.6 Å². The van der Waals surface area contributed by atoms with Gasteiger partial charge in [-0.1, -0.05) is 102 Å². The van der Waals surface area contributed by atoms with Gasteiger partial charge in [-0.25, -0.2) is 0 Å². The lowest BCUT2D eigenvalue weighted by molar-refractivity contribution is -0.166. The molecule has 0 heterocycles. The van der Waals surface area contributed by atoms with Gasteiger partial charge in [0.2, 0.25) is 5.60 Å². The monoisotopic (exact) mass is 506 g/mol. The third-order valence-electron chi connectivity index (χ3n) is 6.56. The van der Waals surface area contributed by atoms with Crippen LogP contribution in [-0.4, -0.2) is 45.2 Å². The molecule has 0 fully saturated rings. The predicted octanol–water partition coefficient (Wildman–Crippen LogP) is 6.94. The summed E-state index contributed by atoms with van der Waals surface area (Å²) in [5.41, 5.74) is -2.50. The number of Topliss-reactive ketones (excluding diaryl/α,β-unsaturated/α-hetero) is 2. The number of hydrogen-bond donors (Lipinski definition) is 3. The molecule has 0 aliphatic rings. The standard InChI is InChI=1S/C31H54O5/c1-3-5-7-9-11-12-13-14-15-16-17-18-20-22-24-26-29(34)31(36,30(35)27-32)28(33)25-23-21-19-10-8-6-4-2/h11-12,14-15,17-18,30,32,35-36H,3-10,13,16,19-27H2,1-2H3/b12-11-,15-14-,18-17-/t30-,31-/m0/s1. The van der Waals surface area contributed by atoms with Crippen LogP contribution in [0.15, 0.2) is 36.5 Å². The molecule has 5 heteroatoms. The second-order valence-corrected chi connectivity index (χ2v) is 9.81. The Balaban J connectivity index is 4.23. The minimum Gasteiger partial charge on any atom is -0.394 e. The van der Waals surface area contributed by atoms with E-state index in [1.54, 1.807) is 0 Å². The average Bonchev–Trinajstić information content (AvgIpc) is 2.88. The van der Waals surface area contributed by atoms with Crippen LogP contribution in [0.25, 0.3) is 0 Å². The highest BCUT2D eigenvalue weighted by atomic mass is 16.4. The molecule has 0 aliphatic heterocycles. The maximum atomic E-state index is 12.7. The number of rotatable bonds is 25. The van der Waals surface area contributed by atoms with Crippen LogP contribution in [0.3, 0.4) is 0 Å². The predicted molar refractivity (Wildman–Crippen MR) is 150 cm³/mol. The Morgan fingerprint density at radius 1 is 0.639 bits per heavy atom. The molecule has 0 saturated heterocycles. The molecule has 0 rings (SSSR count). The summed E-state index contributed by atoms with van der Waals surface area (Å²) in [6, 6.07) is 0. The van der Waals surface area contributed by atoms with E-state index in [1.165, 1.54) is 38.5 Å². The molecule has 0 unspecified atom stereocenters. The topological polar surface area (TPSA) is 94.8 Å². The zero-order valence-corrected chi connectivity index (χ0v) is 23.1. The SMILES string of the molecule is CCCCC/C=C\C/C=C\C/C=C\CCCCC(=O)[C@@](O)(C(=O)CCCCCCCCC)[C@@H](O)CO. The molecule has 0 aromatic carbocycles. The molecule has 0 bridgehead atoms. The van der Waals surface area contributed by atoms with Crippen LogP contribution in [0.2, 0.25) is 0 Å². The van der Waals surface area contributed by atoms with Crippen LogP contribution in [0.1, 0.15) is 129 Å². The van der Waals surface area contributed by atoms with Gasteiger partial charge in [0.15, 0.2) is 11.6 Å². The van der Waals surface area contributed by atoms with Crippen LogP contribution in [0.5, 0.6) is 0 Å². The van der Waals surface area contributed by atoms with Gasteiger partial charge in [0.25, 0.3) is 0 Å². The number of aliphatic hydroxyl groups excluding tert-OH is 2. The van der Waals surface area contributed by atoms with Gasteiger partial charge in [-0.05, 0) is 51.4 Å². The Bertz CT molecular complexity index is 637. The number of hydrogen-bond acceptors (Lipinski definition) is 5. The summed E-state index contributed by atoms with van der Waals surface area (Å²) in [5, 5.41) is 30.2. The molecule has 5 nitrogen and oxygen atoms in total. The number of carbonyl (C=O) groups excluding carboxylic acids is 2. The van der Waals surface area contributed by atoms with Gasteiger partial charge in [-0.2, -0.15) is 0 Å². The Morgan fingerprint density at radius 2 is 1.03 bits per heavy atom. The van der Waals surface area contributed by atoms with E-state index in [0.717, 1.165) is 51.4 Å². The van der Waals surface area contributed by atoms with Gasteiger partial charge in [-0.3, -0.25) is 9.59 Å². The Kier molecular flexibility index (Phi) is 22.8. The lowest BCUT2D eigenvalue weighted by Gasteiger charge is -2.29. The third kappa shape index (κ3) is 16.2. The van der Waals surface area contributed by atoms with E-state index in [-0.39, 0.29) is 12.8 Å². The maximum Gasteiger partial charge on any atom is 0.209 e. The first kappa shape index (κ1) is 34.4. The molecule has 0 aromatic rings. The first-order chi connectivity index (χ1) is 17.4. The molecule has 208 valence electrons. The number of aliphatic hydroxyl groups is 3. The number of carbonyl (C=O) groups is 2. The van der Waals surface area contributed by atoms with Gasteiger partial charge in [0.1, 0.15) is 6.10 Å². The highest BCUT2D eigenvalue weighted by molar-refractivity contribution is 6.10. The van der Waals surface area contributed by atoms with E-state index in [4.69, 9.17) is 0 Å². The first-order valence-corrected chi connectivity index (χ1v) is 14.5. The number of ketones is 2. The largest absolute Gasteiger partial charge is 0.394 e. The minimum absolute atomic E-state index is 0.00858. The van der Waals surface area contributed by atoms with Crippen molar-refractivity contribution in [1.82, 2.24) is 0 Å². The van der Waals surface area contributed by atoms with Crippen molar-refractivity contribution in [2.45, 2.75) is 141 Å². The maximum absolute atomic E-state index is 12.7. The van der Waals surface area contributed by atoms with Crippen molar-refractivity contribution in [3.8, 4) is 0 Å². The molecule has 2 atom stereocenters. The lowest BCUT2D eigenvalue weighted by Crippen LogP contribution is -2.57. The molecular weight excluding hydrogens is 452 g/mol. The van der Waals surface area contributed by atoms with Gasteiger partial charge in [-0.15, -0.1) is 0 Å². The highest BCUT2D eigenvalue weighted by Crippen LogP contribution is 2.22. The van der Waals surface area contributed by atoms with Crippen LogP contribution >= 0.6 is 0 Å². The second kappa shape index (κ2) is 23.8. The molecule has 0 aliphatic carbocycles. The Morgan fingerprint density at radius 3 is 1.53 bits per heavy atom. The van der Waals surface area contributed by atoms with E-state index < -0.39 is 29.9 Å². The van der Waals surface area contributed by atoms with Crippen molar-refractivity contribution in [1.29, 1.82) is 0 Å². The summed E-state index contributed by atoms with van der Waals surface area (Å²) in [4.78, 5) is 25.3. The molecule has 0 amide bonds. The van der Waals surface area contributed by atoms with Crippen LogP contribution < -0.4 is 0 Å². The van der Waals surface area contributed by atoms with Gasteiger partial charge >= 0.3 is 0 Å². The van der Waals surface area contributed by atoms with Gasteiger partial charge in [0.05, 0.1) is 6.61 Å². The number of allylic oxidation sites excluding steroid dienone is 6. The molecular formula is C31H54O5. The first-order valence-electron chi connectivity index (χ1n) is 14.5. The summed E-state index contributed by atoms with van der Waals surface area (Å²) < 4.78 is 0. The highest BCUT2D eigenvalue weighted by Gasteiger charge is 2.48. The fourth-order valence-electron chi connectivity index (χ4n) is 4.12. The molecule has 0 saturated carbocycles. The third-order valence-corrected chi connectivity index (χ3v) is 6.56. The lowest BCUT2D eigenvalue weighted by atomic mass is 9.82. The zero-order valence-electron chi connectivity index (χ0n) is 23.1. The molecule has 3 N–H and O–H groups in total. The molecule has 0 spiro atoms. The van der Waals surface area contributed by atoms with E-state index >= 15 is 0 Å². The van der Waals surface area contributed by atoms with Gasteiger partial charge < -0.3 is 15.3 Å². The van der Waals surface area contributed by atoms with Crippen molar-refractivity contribution in [2.75, 3.05) is 6.61 Å². The Labute approximate surface area is 220 Å². The van der Waals surface area contributed by atoms with Crippen molar-refractivity contribution in [3.63, 3.8) is 0 Å². The minimum atomic E-state index is -2.50. The number of unbranched alkanes of at least 4 members (excludes halogenated alkanes) is 11. The van der Waals surface area contributed by atoms with Crippen molar-refractivity contribution < 1.29 is 24.9 Å². The fraction of sp³-hybridized carbons (Fsp3) is 0.742. The Hall–Kier alpha value is -1.56. The average molecular weight is 507 g/mol. The summed E-state index contributed by atoms with van der Waals surface area (Å²) in [6.07, 6.45) is 27.2. The summed E-state index contributed by atoms with van der Waals surface area (Å²) >= 11 is 0. The normalized spacial score (nSPS) is 14.7. The van der Waals surface area contributed by atoms with Gasteiger partial charge in [0, 0.05) is 12.8 Å². The van der Waals surface area contributed by atoms with E-state index in [1.807, 2.05) is 0 Å².